The molecule has 0 aliphatic carbocycles. The van der Waals surface area contributed by atoms with Crippen LogP contribution in [-0.4, -0.2) is 19.2 Å². The molecule has 1 aromatic rings. The summed E-state index contributed by atoms with van der Waals surface area (Å²) in [6.07, 6.45) is 3.79. The van der Waals surface area contributed by atoms with Gasteiger partial charge in [0.1, 0.15) is 5.75 Å². The van der Waals surface area contributed by atoms with Crippen molar-refractivity contribution in [2.45, 2.75) is 39.2 Å². The lowest BCUT2D eigenvalue weighted by atomic mass is 9.92. The van der Waals surface area contributed by atoms with E-state index in [1.807, 2.05) is 6.92 Å². The molecule has 0 saturated carbocycles. The monoisotopic (exact) mass is 233 g/mol. The zero-order valence-corrected chi connectivity index (χ0v) is 10.9. The van der Waals surface area contributed by atoms with Crippen LogP contribution in [0.1, 0.15) is 32.3 Å². The highest BCUT2D eigenvalue weighted by atomic mass is 16.5. The maximum atomic E-state index is 5.45. The Morgan fingerprint density at radius 2 is 2.00 bits per heavy atom. The summed E-state index contributed by atoms with van der Waals surface area (Å²) in [6, 6.07) is 9.17. The second-order valence-corrected chi connectivity index (χ2v) is 5.07. The number of rotatable bonds is 4. The van der Waals surface area contributed by atoms with Gasteiger partial charge in [0.15, 0.2) is 0 Å². The van der Waals surface area contributed by atoms with Crippen LogP contribution in [-0.2, 0) is 6.42 Å². The fourth-order valence-electron chi connectivity index (χ4n) is 2.40. The van der Waals surface area contributed by atoms with Crippen LogP contribution in [0.4, 0.5) is 0 Å². The fourth-order valence-corrected chi connectivity index (χ4v) is 2.40. The van der Waals surface area contributed by atoms with Crippen LogP contribution >= 0.6 is 0 Å². The van der Waals surface area contributed by atoms with E-state index < -0.39 is 0 Å². The summed E-state index contributed by atoms with van der Waals surface area (Å²) in [5.41, 5.74) is 1.40. The molecule has 94 valence electrons. The molecular weight excluding hydrogens is 210 g/mol. The van der Waals surface area contributed by atoms with Gasteiger partial charge < -0.3 is 10.1 Å². The molecule has 2 atom stereocenters. The number of hydrogen-bond acceptors (Lipinski definition) is 2. The van der Waals surface area contributed by atoms with Crippen molar-refractivity contribution in [2.75, 3.05) is 13.2 Å². The van der Waals surface area contributed by atoms with Gasteiger partial charge in [0, 0.05) is 6.04 Å². The largest absolute Gasteiger partial charge is 0.494 e. The van der Waals surface area contributed by atoms with Crippen molar-refractivity contribution >= 4 is 0 Å². The Balaban J connectivity index is 1.86. The summed E-state index contributed by atoms with van der Waals surface area (Å²) in [4.78, 5) is 0. The van der Waals surface area contributed by atoms with Crippen molar-refractivity contribution < 1.29 is 4.74 Å². The highest BCUT2D eigenvalue weighted by Gasteiger charge is 2.17. The van der Waals surface area contributed by atoms with Crippen molar-refractivity contribution in [3.63, 3.8) is 0 Å². The molecule has 2 heteroatoms. The number of nitrogens with one attached hydrogen (secondary N) is 1. The average Bonchev–Trinajstić information content (AvgIpc) is 2.35. The summed E-state index contributed by atoms with van der Waals surface area (Å²) in [7, 11) is 0. The Hall–Kier alpha value is -1.02. The summed E-state index contributed by atoms with van der Waals surface area (Å²) in [5, 5.41) is 3.63. The minimum absolute atomic E-state index is 0.657. The van der Waals surface area contributed by atoms with Gasteiger partial charge in [-0.2, -0.15) is 0 Å². The second kappa shape index (κ2) is 6.06. The number of benzene rings is 1. The maximum absolute atomic E-state index is 5.45. The van der Waals surface area contributed by atoms with Crippen LogP contribution in [0.25, 0.3) is 0 Å². The first-order valence-electron chi connectivity index (χ1n) is 6.73. The lowest BCUT2D eigenvalue weighted by Crippen LogP contribution is -2.39. The standard InChI is InChI=1S/C15H23NO/c1-3-17-15-8-5-13(6-9-15)10-14-7-4-12(2)11-16-14/h5-6,8-9,12,14,16H,3-4,7,10-11H2,1-2H3. The van der Waals surface area contributed by atoms with Crippen molar-refractivity contribution in [3.05, 3.63) is 29.8 Å². The minimum Gasteiger partial charge on any atom is -0.494 e. The first kappa shape index (κ1) is 12.4. The third kappa shape index (κ3) is 3.74. The molecule has 1 aliphatic heterocycles. The molecule has 1 fully saturated rings. The van der Waals surface area contributed by atoms with Gasteiger partial charge in [0.2, 0.25) is 0 Å². The Bertz CT molecular complexity index is 325. The molecule has 2 nitrogen and oxygen atoms in total. The Morgan fingerprint density at radius 1 is 1.24 bits per heavy atom. The van der Waals surface area contributed by atoms with Gasteiger partial charge in [-0.3, -0.25) is 0 Å². The quantitative estimate of drug-likeness (QED) is 0.863. The van der Waals surface area contributed by atoms with Crippen LogP contribution in [0, 0.1) is 5.92 Å². The van der Waals surface area contributed by atoms with Gasteiger partial charge in [-0.25, -0.2) is 0 Å². The molecule has 17 heavy (non-hydrogen) atoms. The molecule has 2 rings (SSSR count). The van der Waals surface area contributed by atoms with Gasteiger partial charge in [-0.15, -0.1) is 0 Å². The zero-order valence-electron chi connectivity index (χ0n) is 10.9. The van der Waals surface area contributed by atoms with E-state index in [2.05, 4.69) is 36.5 Å². The highest BCUT2D eigenvalue weighted by Crippen LogP contribution is 2.18. The second-order valence-electron chi connectivity index (χ2n) is 5.07. The molecule has 1 aromatic carbocycles. The third-order valence-electron chi connectivity index (χ3n) is 3.48. The Kier molecular flexibility index (Phi) is 4.43. The third-order valence-corrected chi connectivity index (χ3v) is 3.48. The SMILES string of the molecule is CCOc1ccc(CC2CCC(C)CN2)cc1. The topological polar surface area (TPSA) is 21.3 Å². The predicted molar refractivity (Wildman–Crippen MR) is 71.5 cm³/mol. The summed E-state index contributed by atoms with van der Waals surface area (Å²) >= 11 is 0. The van der Waals surface area contributed by atoms with Crippen LogP contribution in [0.2, 0.25) is 0 Å². The molecule has 0 spiro atoms. The van der Waals surface area contributed by atoms with Crippen molar-refractivity contribution in [3.8, 4) is 5.75 Å². The molecular formula is C15H23NO. The smallest absolute Gasteiger partial charge is 0.119 e. The lowest BCUT2D eigenvalue weighted by molar-refractivity contribution is 0.325. The van der Waals surface area contributed by atoms with Crippen molar-refractivity contribution in [1.29, 1.82) is 0 Å². The van der Waals surface area contributed by atoms with E-state index in [0.717, 1.165) is 24.7 Å². The fraction of sp³-hybridized carbons (Fsp3) is 0.600. The van der Waals surface area contributed by atoms with Crippen LogP contribution < -0.4 is 10.1 Å². The van der Waals surface area contributed by atoms with Gasteiger partial charge in [-0.1, -0.05) is 19.1 Å². The minimum atomic E-state index is 0.657. The first-order chi connectivity index (χ1) is 8.28. The molecule has 0 amide bonds. The van der Waals surface area contributed by atoms with E-state index >= 15 is 0 Å². The number of ether oxygens (including phenoxy) is 1. The van der Waals surface area contributed by atoms with Crippen LogP contribution in [0.5, 0.6) is 5.75 Å². The molecule has 1 heterocycles. The van der Waals surface area contributed by atoms with Gasteiger partial charge >= 0.3 is 0 Å². The van der Waals surface area contributed by atoms with Crippen LogP contribution in [0.3, 0.4) is 0 Å². The van der Waals surface area contributed by atoms with E-state index in [-0.39, 0.29) is 0 Å². The Labute approximate surface area is 104 Å². The predicted octanol–water partition coefficient (Wildman–Crippen LogP) is 3.02. The zero-order chi connectivity index (χ0) is 12.1. The molecule has 0 bridgehead atoms. The van der Waals surface area contributed by atoms with E-state index in [1.54, 1.807) is 0 Å². The molecule has 1 N–H and O–H groups in total. The summed E-state index contributed by atoms with van der Waals surface area (Å²) in [6.45, 7) is 6.24. The van der Waals surface area contributed by atoms with Gasteiger partial charge in [0.25, 0.3) is 0 Å². The summed E-state index contributed by atoms with van der Waals surface area (Å²) < 4.78 is 5.45. The van der Waals surface area contributed by atoms with E-state index in [4.69, 9.17) is 4.74 Å². The van der Waals surface area contributed by atoms with Crippen LogP contribution in [0.15, 0.2) is 24.3 Å². The van der Waals surface area contributed by atoms with E-state index in [0.29, 0.717) is 6.04 Å². The summed E-state index contributed by atoms with van der Waals surface area (Å²) in [5.74, 6) is 1.81. The maximum Gasteiger partial charge on any atom is 0.119 e. The van der Waals surface area contributed by atoms with Gasteiger partial charge in [0.05, 0.1) is 6.61 Å². The average molecular weight is 233 g/mol. The molecule has 0 radical (unpaired) electrons. The molecule has 1 saturated heterocycles. The first-order valence-corrected chi connectivity index (χ1v) is 6.73. The number of hydrogen-bond donors (Lipinski definition) is 1. The molecule has 2 unspecified atom stereocenters. The number of piperidine rings is 1. The van der Waals surface area contributed by atoms with E-state index in [1.165, 1.54) is 24.9 Å². The van der Waals surface area contributed by atoms with Crippen molar-refractivity contribution in [2.24, 2.45) is 5.92 Å². The Morgan fingerprint density at radius 3 is 2.59 bits per heavy atom. The van der Waals surface area contributed by atoms with E-state index in [9.17, 15) is 0 Å². The lowest BCUT2D eigenvalue weighted by Gasteiger charge is -2.27. The van der Waals surface area contributed by atoms with Gasteiger partial charge in [-0.05, 0) is 56.3 Å². The highest BCUT2D eigenvalue weighted by molar-refractivity contribution is 5.27. The van der Waals surface area contributed by atoms with Crippen molar-refractivity contribution in [1.82, 2.24) is 5.32 Å². The molecule has 1 aliphatic rings. The molecule has 0 aromatic heterocycles. The normalized spacial score (nSPS) is 24.6.